The Morgan fingerprint density at radius 2 is 1.59 bits per heavy atom. The molecular weight excluding hydrogens is 444 g/mol. The van der Waals surface area contributed by atoms with Gasteiger partial charge in [0.1, 0.15) is 5.58 Å². The molecule has 0 bridgehead atoms. The maximum Gasteiger partial charge on any atom is 0.338 e. The number of hydrogen-bond donors (Lipinski definition) is 2. The fraction of sp³-hybridized carbons (Fsp3) is 0.0435. The molecule has 0 aliphatic heterocycles. The first-order valence-corrected chi connectivity index (χ1v) is 9.87. The highest BCUT2D eigenvalue weighted by Gasteiger charge is 2.16. The standard InChI is InChI=1S/C23H16N4O7/c1-13-2-3-14(10-20(13)27(32)33)23(29)25-16-6-4-15(5-7-16)24-19-12-22(28)34-21-9-8-17(26(30)31)11-18(19)21/h2-12,24H,1H3,(H,25,29). The maximum absolute atomic E-state index is 12.5. The minimum Gasteiger partial charge on any atom is -0.423 e. The zero-order valence-electron chi connectivity index (χ0n) is 17.6. The third-order valence-corrected chi connectivity index (χ3v) is 5.03. The molecule has 0 atom stereocenters. The number of nitrogens with zero attached hydrogens (tertiary/aromatic N) is 2. The molecule has 0 spiro atoms. The van der Waals surface area contributed by atoms with Crippen LogP contribution in [0, 0.1) is 27.2 Å². The Morgan fingerprint density at radius 1 is 0.882 bits per heavy atom. The molecule has 1 heterocycles. The summed E-state index contributed by atoms with van der Waals surface area (Å²) in [5.41, 5.74) is 1.16. The molecule has 4 rings (SSSR count). The maximum atomic E-state index is 12.5. The van der Waals surface area contributed by atoms with Gasteiger partial charge in [0.2, 0.25) is 0 Å². The summed E-state index contributed by atoms with van der Waals surface area (Å²) in [4.78, 5) is 45.5. The first kappa shape index (κ1) is 22.1. The van der Waals surface area contributed by atoms with Gasteiger partial charge in [0.25, 0.3) is 17.3 Å². The van der Waals surface area contributed by atoms with Gasteiger partial charge in [-0.25, -0.2) is 4.79 Å². The summed E-state index contributed by atoms with van der Waals surface area (Å²) in [6.07, 6.45) is 0. The van der Waals surface area contributed by atoms with Crippen molar-refractivity contribution in [1.29, 1.82) is 0 Å². The van der Waals surface area contributed by atoms with Crippen LogP contribution < -0.4 is 16.3 Å². The van der Waals surface area contributed by atoms with Crippen molar-refractivity contribution in [2.45, 2.75) is 6.92 Å². The number of anilines is 3. The monoisotopic (exact) mass is 460 g/mol. The van der Waals surface area contributed by atoms with Crippen LogP contribution in [0.15, 0.2) is 75.9 Å². The van der Waals surface area contributed by atoms with Gasteiger partial charge in [0, 0.05) is 52.2 Å². The summed E-state index contributed by atoms with van der Waals surface area (Å²) in [6, 6.07) is 15.8. The van der Waals surface area contributed by atoms with E-state index in [9.17, 15) is 29.8 Å². The molecule has 0 aliphatic rings. The Hall–Kier alpha value is -5.06. The molecule has 0 fully saturated rings. The second-order valence-corrected chi connectivity index (χ2v) is 7.33. The molecule has 11 heteroatoms. The number of aryl methyl sites for hydroxylation is 1. The highest BCUT2D eigenvalue weighted by molar-refractivity contribution is 6.04. The number of nitro groups is 2. The molecule has 4 aromatic rings. The van der Waals surface area contributed by atoms with Gasteiger partial charge >= 0.3 is 5.63 Å². The van der Waals surface area contributed by atoms with Gasteiger partial charge in [-0.1, -0.05) is 6.07 Å². The van der Waals surface area contributed by atoms with Gasteiger partial charge in [0.05, 0.1) is 15.5 Å². The molecule has 2 N–H and O–H groups in total. The lowest BCUT2D eigenvalue weighted by molar-refractivity contribution is -0.385. The zero-order valence-corrected chi connectivity index (χ0v) is 17.6. The number of rotatable bonds is 6. The number of carbonyl (C=O) groups excluding carboxylic acids is 1. The van der Waals surface area contributed by atoms with E-state index in [2.05, 4.69) is 10.6 Å². The minimum absolute atomic E-state index is 0.142. The summed E-state index contributed by atoms with van der Waals surface area (Å²) in [5.74, 6) is -0.511. The summed E-state index contributed by atoms with van der Waals surface area (Å²) >= 11 is 0. The van der Waals surface area contributed by atoms with Gasteiger partial charge in [-0.15, -0.1) is 0 Å². The number of carbonyl (C=O) groups is 1. The Bertz CT molecular complexity index is 1510. The average molecular weight is 460 g/mol. The normalized spacial score (nSPS) is 10.6. The molecular formula is C23H16N4O7. The van der Waals surface area contributed by atoms with Gasteiger partial charge in [-0.3, -0.25) is 25.0 Å². The van der Waals surface area contributed by atoms with Crippen LogP contribution >= 0.6 is 0 Å². The van der Waals surface area contributed by atoms with Crippen molar-refractivity contribution in [3.63, 3.8) is 0 Å². The third-order valence-electron chi connectivity index (χ3n) is 5.03. The van der Waals surface area contributed by atoms with Crippen molar-refractivity contribution in [2.24, 2.45) is 0 Å². The van der Waals surface area contributed by atoms with Crippen LogP contribution in [0.4, 0.5) is 28.4 Å². The minimum atomic E-state index is -0.625. The largest absolute Gasteiger partial charge is 0.423 e. The molecule has 0 unspecified atom stereocenters. The van der Waals surface area contributed by atoms with Crippen LogP contribution in [0.1, 0.15) is 15.9 Å². The number of nitro benzene ring substituents is 2. The van der Waals surface area contributed by atoms with Crippen molar-refractivity contribution in [2.75, 3.05) is 10.6 Å². The number of fused-ring (bicyclic) bond motifs is 1. The third kappa shape index (κ3) is 4.58. The van der Waals surface area contributed by atoms with Gasteiger partial charge < -0.3 is 15.1 Å². The van der Waals surface area contributed by atoms with E-state index in [4.69, 9.17) is 4.42 Å². The van der Waals surface area contributed by atoms with Gasteiger partial charge in [-0.05, 0) is 43.3 Å². The molecule has 3 aromatic carbocycles. The van der Waals surface area contributed by atoms with Crippen LogP contribution in [0.3, 0.4) is 0 Å². The Morgan fingerprint density at radius 3 is 2.26 bits per heavy atom. The quantitative estimate of drug-likeness (QED) is 0.233. The molecule has 0 radical (unpaired) electrons. The van der Waals surface area contributed by atoms with Crippen molar-refractivity contribution < 1.29 is 19.1 Å². The molecule has 34 heavy (non-hydrogen) atoms. The van der Waals surface area contributed by atoms with Crippen molar-refractivity contribution in [3.8, 4) is 0 Å². The summed E-state index contributed by atoms with van der Waals surface area (Å²) in [5, 5.41) is 28.2. The molecule has 170 valence electrons. The molecule has 1 aromatic heterocycles. The van der Waals surface area contributed by atoms with Crippen molar-refractivity contribution >= 4 is 45.3 Å². The van der Waals surface area contributed by atoms with E-state index >= 15 is 0 Å². The summed E-state index contributed by atoms with van der Waals surface area (Å²) in [6.45, 7) is 1.59. The lowest BCUT2D eigenvalue weighted by atomic mass is 10.1. The molecule has 11 nitrogen and oxygen atoms in total. The average Bonchev–Trinajstić information content (AvgIpc) is 2.80. The molecule has 0 saturated heterocycles. The summed E-state index contributed by atoms with van der Waals surface area (Å²) < 4.78 is 5.10. The fourth-order valence-electron chi connectivity index (χ4n) is 3.31. The predicted molar refractivity (Wildman–Crippen MR) is 125 cm³/mol. The molecule has 0 aliphatic carbocycles. The van der Waals surface area contributed by atoms with Crippen LogP contribution in [-0.2, 0) is 0 Å². The van der Waals surface area contributed by atoms with E-state index in [1.807, 2.05) is 0 Å². The first-order chi connectivity index (χ1) is 16.2. The van der Waals surface area contributed by atoms with E-state index in [0.717, 1.165) is 0 Å². The lowest BCUT2D eigenvalue weighted by Gasteiger charge is -2.10. The summed E-state index contributed by atoms with van der Waals surface area (Å²) in [7, 11) is 0. The van der Waals surface area contributed by atoms with Gasteiger partial charge in [0.15, 0.2) is 0 Å². The second-order valence-electron chi connectivity index (χ2n) is 7.33. The fourth-order valence-corrected chi connectivity index (χ4v) is 3.31. The van der Waals surface area contributed by atoms with E-state index in [1.165, 1.54) is 42.5 Å². The highest BCUT2D eigenvalue weighted by Crippen LogP contribution is 2.29. The van der Waals surface area contributed by atoms with Crippen LogP contribution in [-0.4, -0.2) is 15.8 Å². The van der Waals surface area contributed by atoms with Crippen molar-refractivity contribution in [1.82, 2.24) is 0 Å². The van der Waals surface area contributed by atoms with Crippen LogP contribution in [0.2, 0.25) is 0 Å². The molecule has 0 saturated carbocycles. The van der Waals surface area contributed by atoms with Crippen LogP contribution in [0.25, 0.3) is 11.0 Å². The smallest absolute Gasteiger partial charge is 0.338 e. The Balaban J connectivity index is 1.55. The Kier molecular flexibility index (Phi) is 5.75. The number of hydrogen-bond acceptors (Lipinski definition) is 8. The first-order valence-electron chi connectivity index (χ1n) is 9.87. The zero-order chi connectivity index (χ0) is 24.4. The number of amides is 1. The van der Waals surface area contributed by atoms with Crippen LogP contribution in [0.5, 0.6) is 0 Å². The topological polar surface area (TPSA) is 158 Å². The van der Waals surface area contributed by atoms with Crippen molar-refractivity contribution in [3.05, 3.63) is 109 Å². The number of benzene rings is 3. The van der Waals surface area contributed by atoms with E-state index in [1.54, 1.807) is 31.2 Å². The van der Waals surface area contributed by atoms with E-state index in [0.29, 0.717) is 28.0 Å². The second kappa shape index (κ2) is 8.82. The lowest BCUT2D eigenvalue weighted by Crippen LogP contribution is -2.12. The predicted octanol–water partition coefficient (Wildman–Crippen LogP) is 4.91. The van der Waals surface area contributed by atoms with Gasteiger partial charge in [-0.2, -0.15) is 0 Å². The Labute approximate surface area is 190 Å². The number of nitrogens with one attached hydrogen (secondary N) is 2. The SMILES string of the molecule is Cc1ccc(C(=O)Nc2ccc(Nc3cc(=O)oc4ccc([N+](=O)[O-])cc34)cc2)cc1[N+](=O)[O-]. The molecule has 1 amide bonds. The van der Waals surface area contributed by atoms with E-state index in [-0.39, 0.29) is 22.5 Å². The van der Waals surface area contributed by atoms with E-state index < -0.39 is 21.4 Å². The highest BCUT2D eigenvalue weighted by atomic mass is 16.6. The number of non-ortho nitro benzene ring substituents is 1.